The second-order valence-corrected chi connectivity index (χ2v) is 5.36. The summed E-state index contributed by atoms with van der Waals surface area (Å²) in [7, 11) is 0. The van der Waals surface area contributed by atoms with Crippen molar-refractivity contribution in [1.82, 2.24) is 4.90 Å². The SMILES string of the molecule is CCC1CCC(C)N1Cc1ccc(C#CCN)cc1. The van der Waals surface area contributed by atoms with E-state index < -0.39 is 0 Å². The Balaban J connectivity index is 2.02. The molecule has 1 fully saturated rings. The van der Waals surface area contributed by atoms with E-state index in [2.05, 4.69) is 54.9 Å². The van der Waals surface area contributed by atoms with Gasteiger partial charge in [-0.2, -0.15) is 0 Å². The molecule has 19 heavy (non-hydrogen) atoms. The van der Waals surface area contributed by atoms with Crippen LogP contribution in [0.2, 0.25) is 0 Å². The number of hydrogen-bond donors (Lipinski definition) is 1. The normalized spacial score (nSPS) is 23.1. The molecule has 2 heteroatoms. The Morgan fingerprint density at radius 3 is 2.63 bits per heavy atom. The monoisotopic (exact) mass is 256 g/mol. The van der Waals surface area contributed by atoms with E-state index >= 15 is 0 Å². The summed E-state index contributed by atoms with van der Waals surface area (Å²) in [6.07, 6.45) is 3.93. The number of rotatable bonds is 3. The van der Waals surface area contributed by atoms with Crippen molar-refractivity contribution in [1.29, 1.82) is 0 Å². The van der Waals surface area contributed by atoms with Crippen LogP contribution in [-0.4, -0.2) is 23.5 Å². The van der Waals surface area contributed by atoms with Crippen LogP contribution in [0.4, 0.5) is 0 Å². The molecule has 1 aliphatic rings. The van der Waals surface area contributed by atoms with Gasteiger partial charge in [0, 0.05) is 24.2 Å². The molecule has 0 bridgehead atoms. The van der Waals surface area contributed by atoms with Gasteiger partial charge >= 0.3 is 0 Å². The molecule has 1 aromatic rings. The summed E-state index contributed by atoms with van der Waals surface area (Å²) < 4.78 is 0. The van der Waals surface area contributed by atoms with Crippen LogP contribution < -0.4 is 5.73 Å². The summed E-state index contributed by atoms with van der Waals surface area (Å²) in [6.45, 7) is 6.12. The van der Waals surface area contributed by atoms with E-state index in [0.717, 1.165) is 18.2 Å². The van der Waals surface area contributed by atoms with Gasteiger partial charge in [0.05, 0.1) is 6.54 Å². The zero-order valence-electron chi connectivity index (χ0n) is 12.0. The fraction of sp³-hybridized carbons (Fsp3) is 0.529. The highest BCUT2D eigenvalue weighted by Gasteiger charge is 2.28. The highest BCUT2D eigenvalue weighted by atomic mass is 15.2. The van der Waals surface area contributed by atoms with Gasteiger partial charge in [-0.3, -0.25) is 4.90 Å². The molecule has 2 unspecified atom stereocenters. The van der Waals surface area contributed by atoms with Gasteiger partial charge in [-0.1, -0.05) is 30.9 Å². The number of nitrogens with zero attached hydrogens (tertiary/aromatic N) is 1. The molecule has 1 saturated heterocycles. The van der Waals surface area contributed by atoms with Gasteiger partial charge in [0.15, 0.2) is 0 Å². The Morgan fingerprint density at radius 2 is 2.00 bits per heavy atom. The van der Waals surface area contributed by atoms with E-state index in [0.29, 0.717) is 12.6 Å². The van der Waals surface area contributed by atoms with E-state index in [4.69, 9.17) is 5.73 Å². The summed E-state index contributed by atoms with van der Waals surface area (Å²) in [6, 6.07) is 10.0. The molecular formula is C17H24N2. The first-order valence-corrected chi connectivity index (χ1v) is 7.28. The smallest absolute Gasteiger partial charge is 0.0555 e. The predicted molar refractivity (Wildman–Crippen MR) is 80.7 cm³/mol. The molecular weight excluding hydrogens is 232 g/mol. The highest BCUT2D eigenvalue weighted by molar-refractivity contribution is 5.36. The fourth-order valence-electron chi connectivity index (χ4n) is 2.91. The molecule has 2 N–H and O–H groups in total. The van der Waals surface area contributed by atoms with Crippen LogP contribution in [-0.2, 0) is 6.54 Å². The lowest BCUT2D eigenvalue weighted by Crippen LogP contribution is -2.33. The first-order valence-electron chi connectivity index (χ1n) is 7.28. The molecule has 0 spiro atoms. The van der Waals surface area contributed by atoms with Gasteiger partial charge < -0.3 is 5.73 Å². The lowest BCUT2D eigenvalue weighted by atomic mass is 10.1. The quantitative estimate of drug-likeness (QED) is 0.843. The fourth-order valence-corrected chi connectivity index (χ4v) is 2.91. The van der Waals surface area contributed by atoms with Crippen molar-refractivity contribution in [2.24, 2.45) is 5.73 Å². The zero-order valence-corrected chi connectivity index (χ0v) is 12.0. The van der Waals surface area contributed by atoms with Crippen LogP contribution >= 0.6 is 0 Å². The maximum Gasteiger partial charge on any atom is 0.0555 e. The Bertz CT molecular complexity index is 452. The number of benzene rings is 1. The van der Waals surface area contributed by atoms with E-state index in [1.807, 2.05) is 0 Å². The molecule has 102 valence electrons. The van der Waals surface area contributed by atoms with Crippen LogP contribution in [0.3, 0.4) is 0 Å². The first kappa shape index (κ1) is 14.1. The number of nitrogens with two attached hydrogens (primary N) is 1. The van der Waals surface area contributed by atoms with E-state index in [1.165, 1.54) is 24.8 Å². The zero-order chi connectivity index (χ0) is 13.7. The molecule has 1 aromatic carbocycles. The summed E-state index contributed by atoms with van der Waals surface area (Å²) in [4.78, 5) is 2.64. The van der Waals surface area contributed by atoms with Crippen molar-refractivity contribution in [2.75, 3.05) is 6.54 Å². The van der Waals surface area contributed by atoms with E-state index in [-0.39, 0.29) is 0 Å². The lowest BCUT2D eigenvalue weighted by Gasteiger charge is -2.27. The maximum absolute atomic E-state index is 5.38. The van der Waals surface area contributed by atoms with Gasteiger partial charge in [-0.05, 0) is 43.9 Å². The van der Waals surface area contributed by atoms with E-state index in [9.17, 15) is 0 Å². The van der Waals surface area contributed by atoms with Crippen LogP contribution in [0.25, 0.3) is 0 Å². The molecule has 1 heterocycles. The Hall–Kier alpha value is -1.30. The largest absolute Gasteiger partial charge is 0.320 e. The minimum Gasteiger partial charge on any atom is -0.320 e. The standard InChI is InChI=1S/C17H24N2/c1-3-17-11-6-14(2)19(17)13-16-9-7-15(8-10-16)5-4-12-18/h7-10,14,17H,3,6,11-13,18H2,1-2H3. The molecule has 2 atom stereocenters. The highest BCUT2D eigenvalue weighted by Crippen LogP contribution is 2.27. The second-order valence-electron chi connectivity index (χ2n) is 5.36. The predicted octanol–water partition coefficient (Wildman–Crippen LogP) is 2.76. The van der Waals surface area contributed by atoms with Crippen LogP contribution in [0, 0.1) is 11.8 Å². The minimum atomic E-state index is 0.422. The van der Waals surface area contributed by atoms with Crippen molar-refractivity contribution in [2.45, 2.75) is 51.7 Å². The van der Waals surface area contributed by atoms with Gasteiger partial charge in [0.1, 0.15) is 0 Å². The molecule has 1 aliphatic heterocycles. The molecule has 0 amide bonds. The Morgan fingerprint density at radius 1 is 1.26 bits per heavy atom. The summed E-state index contributed by atoms with van der Waals surface area (Å²) in [5.74, 6) is 5.95. The molecule has 2 rings (SSSR count). The first-order chi connectivity index (χ1) is 9.24. The van der Waals surface area contributed by atoms with Crippen LogP contribution in [0.15, 0.2) is 24.3 Å². The molecule has 0 radical (unpaired) electrons. The summed E-state index contributed by atoms with van der Waals surface area (Å²) in [5.41, 5.74) is 7.81. The van der Waals surface area contributed by atoms with E-state index in [1.54, 1.807) is 0 Å². The van der Waals surface area contributed by atoms with Crippen molar-refractivity contribution in [3.05, 3.63) is 35.4 Å². The topological polar surface area (TPSA) is 29.3 Å². The van der Waals surface area contributed by atoms with Crippen molar-refractivity contribution < 1.29 is 0 Å². The van der Waals surface area contributed by atoms with Gasteiger partial charge in [-0.15, -0.1) is 0 Å². The molecule has 0 aliphatic carbocycles. The van der Waals surface area contributed by atoms with Crippen LogP contribution in [0.5, 0.6) is 0 Å². The number of hydrogen-bond acceptors (Lipinski definition) is 2. The van der Waals surface area contributed by atoms with Gasteiger partial charge in [0.25, 0.3) is 0 Å². The van der Waals surface area contributed by atoms with Crippen molar-refractivity contribution >= 4 is 0 Å². The van der Waals surface area contributed by atoms with Crippen LogP contribution in [0.1, 0.15) is 44.2 Å². The third kappa shape index (κ3) is 3.59. The molecule has 0 aromatic heterocycles. The summed E-state index contributed by atoms with van der Waals surface area (Å²) in [5, 5.41) is 0. The molecule has 2 nitrogen and oxygen atoms in total. The van der Waals surface area contributed by atoms with Gasteiger partial charge in [-0.25, -0.2) is 0 Å². The van der Waals surface area contributed by atoms with Gasteiger partial charge in [0.2, 0.25) is 0 Å². The minimum absolute atomic E-state index is 0.422. The maximum atomic E-state index is 5.38. The average molecular weight is 256 g/mol. The van der Waals surface area contributed by atoms with Crippen molar-refractivity contribution in [3.63, 3.8) is 0 Å². The Labute approximate surface area is 117 Å². The lowest BCUT2D eigenvalue weighted by molar-refractivity contribution is 0.189. The summed E-state index contributed by atoms with van der Waals surface area (Å²) >= 11 is 0. The Kier molecular flexibility index (Phi) is 5.01. The number of likely N-dealkylation sites (tertiary alicyclic amines) is 1. The third-order valence-corrected chi connectivity index (χ3v) is 4.08. The molecule has 0 saturated carbocycles. The second kappa shape index (κ2) is 6.75. The average Bonchev–Trinajstić information content (AvgIpc) is 2.79. The van der Waals surface area contributed by atoms with Crippen molar-refractivity contribution in [3.8, 4) is 11.8 Å². The third-order valence-electron chi connectivity index (χ3n) is 4.08.